The van der Waals surface area contributed by atoms with E-state index in [0.29, 0.717) is 5.82 Å². The first-order chi connectivity index (χ1) is 27.3. The molecule has 0 amide bonds. The number of hydrogen-bond acceptors (Lipinski definition) is 2. The SMILES string of the molecule is c1ccc(-c2ccc(-c3cc(-c4cccc5c4-c4ccccc4C5(c4ccccc4)c4ccccc4)nc(-c4ccc(-c5ccccc5)cc4)n3)cc2)cc1. The maximum absolute atomic E-state index is 5.40. The monoisotopic (exact) mass is 700 g/mol. The topological polar surface area (TPSA) is 25.8 Å². The smallest absolute Gasteiger partial charge is 0.160 e. The molecule has 0 N–H and O–H groups in total. The van der Waals surface area contributed by atoms with Crippen molar-refractivity contribution in [2.75, 3.05) is 0 Å². The third-order valence-corrected chi connectivity index (χ3v) is 11.0. The minimum Gasteiger partial charge on any atom is -0.228 e. The maximum atomic E-state index is 5.40. The van der Waals surface area contributed by atoms with Gasteiger partial charge in [-0.05, 0) is 61.7 Å². The van der Waals surface area contributed by atoms with E-state index < -0.39 is 5.41 Å². The van der Waals surface area contributed by atoms with Gasteiger partial charge in [0.25, 0.3) is 0 Å². The minimum absolute atomic E-state index is 0.496. The van der Waals surface area contributed by atoms with E-state index in [2.05, 4.69) is 212 Å². The molecule has 2 heteroatoms. The number of rotatable bonds is 7. The highest BCUT2D eigenvalue weighted by atomic mass is 14.9. The van der Waals surface area contributed by atoms with Crippen molar-refractivity contribution in [3.8, 4) is 67.3 Å². The Kier molecular flexibility index (Phi) is 8.08. The van der Waals surface area contributed by atoms with Crippen molar-refractivity contribution in [1.82, 2.24) is 9.97 Å². The molecular formula is C53H36N2. The van der Waals surface area contributed by atoms with Crippen LogP contribution in [0.4, 0.5) is 0 Å². The van der Waals surface area contributed by atoms with Crippen molar-refractivity contribution in [2.24, 2.45) is 0 Å². The quantitative estimate of drug-likeness (QED) is 0.165. The van der Waals surface area contributed by atoms with Crippen LogP contribution in [0.25, 0.3) is 67.3 Å². The standard InChI is InChI=1S/C53H36N2/c1-5-16-37(17-6-1)39-28-32-41(33-29-39)49-36-50(55-52(54-49)42-34-30-40(31-35-42)38-18-7-2-8-19-38)46-25-15-27-48-51(46)45-24-13-14-26-47(45)53(48,43-20-9-3-10-21-43)44-22-11-4-12-23-44/h1-36H. The van der Waals surface area contributed by atoms with Gasteiger partial charge in [-0.2, -0.15) is 0 Å². The molecule has 1 heterocycles. The third kappa shape index (κ3) is 5.59. The van der Waals surface area contributed by atoms with Gasteiger partial charge in [-0.25, -0.2) is 9.97 Å². The Hall–Kier alpha value is -7.16. The van der Waals surface area contributed by atoms with Crippen LogP contribution in [0.3, 0.4) is 0 Å². The van der Waals surface area contributed by atoms with E-state index in [1.54, 1.807) is 0 Å². The second-order valence-corrected chi connectivity index (χ2v) is 14.1. The van der Waals surface area contributed by atoms with Gasteiger partial charge < -0.3 is 0 Å². The van der Waals surface area contributed by atoms with Crippen LogP contribution in [0.1, 0.15) is 22.3 Å². The zero-order chi connectivity index (χ0) is 36.6. The fourth-order valence-corrected chi connectivity index (χ4v) is 8.48. The van der Waals surface area contributed by atoms with Gasteiger partial charge in [-0.15, -0.1) is 0 Å². The van der Waals surface area contributed by atoms with Gasteiger partial charge in [-0.3, -0.25) is 0 Å². The number of fused-ring (bicyclic) bond motifs is 3. The first-order valence-corrected chi connectivity index (χ1v) is 18.8. The number of benzene rings is 8. The van der Waals surface area contributed by atoms with E-state index >= 15 is 0 Å². The Morgan fingerprint density at radius 3 is 1.29 bits per heavy atom. The molecule has 0 aliphatic heterocycles. The highest BCUT2D eigenvalue weighted by Crippen LogP contribution is 2.58. The average Bonchev–Trinajstić information content (AvgIpc) is 3.59. The lowest BCUT2D eigenvalue weighted by Gasteiger charge is -2.33. The molecule has 0 saturated carbocycles. The molecule has 10 rings (SSSR count). The van der Waals surface area contributed by atoms with E-state index in [-0.39, 0.29) is 0 Å². The number of hydrogen-bond donors (Lipinski definition) is 0. The first-order valence-electron chi connectivity index (χ1n) is 18.8. The van der Waals surface area contributed by atoms with E-state index in [4.69, 9.17) is 9.97 Å². The second kappa shape index (κ2) is 13.7. The Bertz CT molecular complexity index is 2620. The van der Waals surface area contributed by atoms with Crippen molar-refractivity contribution in [2.45, 2.75) is 5.41 Å². The Labute approximate surface area is 322 Å². The summed E-state index contributed by atoms with van der Waals surface area (Å²) in [6.07, 6.45) is 0. The summed E-state index contributed by atoms with van der Waals surface area (Å²) in [7, 11) is 0. The van der Waals surface area contributed by atoms with Gasteiger partial charge in [0.1, 0.15) is 0 Å². The van der Waals surface area contributed by atoms with Crippen molar-refractivity contribution in [3.63, 3.8) is 0 Å². The largest absolute Gasteiger partial charge is 0.228 e. The maximum Gasteiger partial charge on any atom is 0.160 e. The lowest BCUT2D eigenvalue weighted by atomic mass is 9.67. The Morgan fingerprint density at radius 1 is 0.291 bits per heavy atom. The summed E-state index contributed by atoms with van der Waals surface area (Å²) in [5.74, 6) is 0.695. The molecule has 9 aromatic rings. The molecule has 0 saturated heterocycles. The van der Waals surface area contributed by atoms with Crippen LogP contribution in [0.5, 0.6) is 0 Å². The van der Waals surface area contributed by atoms with Crippen LogP contribution in [-0.2, 0) is 5.41 Å². The van der Waals surface area contributed by atoms with Gasteiger partial charge in [0.05, 0.1) is 16.8 Å². The minimum atomic E-state index is -0.496. The van der Waals surface area contributed by atoms with Gasteiger partial charge in [0.15, 0.2) is 5.82 Å². The normalized spacial score (nSPS) is 12.5. The number of aromatic nitrogens is 2. The summed E-state index contributed by atoms with van der Waals surface area (Å²) in [6.45, 7) is 0. The molecule has 8 aromatic carbocycles. The highest BCUT2D eigenvalue weighted by molar-refractivity contribution is 5.95. The summed E-state index contributed by atoms with van der Waals surface area (Å²) in [4.78, 5) is 10.7. The molecule has 0 bridgehead atoms. The van der Waals surface area contributed by atoms with Crippen molar-refractivity contribution in [1.29, 1.82) is 0 Å². The lowest BCUT2D eigenvalue weighted by molar-refractivity contribution is 0.768. The van der Waals surface area contributed by atoms with Gasteiger partial charge in [0.2, 0.25) is 0 Å². The molecule has 2 nitrogen and oxygen atoms in total. The van der Waals surface area contributed by atoms with Gasteiger partial charge in [-0.1, -0.05) is 212 Å². The zero-order valence-electron chi connectivity index (χ0n) is 30.2. The fraction of sp³-hybridized carbons (Fsp3) is 0.0189. The second-order valence-electron chi connectivity index (χ2n) is 14.1. The fourth-order valence-electron chi connectivity index (χ4n) is 8.48. The molecule has 0 atom stereocenters. The summed E-state index contributed by atoms with van der Waals surface area (Å²) >= 11 is 0. The predicted molar refractivity (Wildman–Crippen MR) is 227 cm³/mol. The lowest BCUT2D eigenvalue weighted by Crippen LogP contribution is -2.28. The molecule has 1 aliphatic carbocycles. The Morgan fingerprint density at radius 2 is 0.709 bits per heavy atom. The van der Waals surface area contributed by atoms with E-state index in [1.807, 2.05) is 6.07 Å². The molecule has 0 unspecified atom stereocenters. The summed E-state index contributed by atoms with van der Waals surface area (Å²) < 4.78 is 0. The molecule has 1 aliphatic rings. The van der Waals surface area contributed by atoms with Gasteiger partial charge in [0, 0.05) is 16.7 Å². The average molecular weight is 701 g/mol. The molecule has 0 radical (unpaired) electrons. The van der Waals surface area contributed by atoms with Crippen LogP contribution in [0.15, 0.2) is 218 Å². The van der Waals surface area contributed by atoms with Gasteiger partial charge >= 0.3 is 0 Å². The van der Waals surface area contributed by atoms with E-state index in [1.165, 1.54) is 50.1 Å². The third-order valence-electron chi connectivity index (χ3n) is 11.0. The molecule has 0 fully saturated rings. The molecule has 0 spiro atoms. The molecule has 258 valence electrons. The summed E-state index contributed by atoms with van der Waals surface area (Å²) in [5.41, 5.74) is 16.5. The summed E-state index contributed by atoms with van der Waals surface area (Å²) in [6, 6.07) is 78.0. The highest BCUT2D eigenvalue weighted by Gasteiger charge is 2.46. The van der Waals surface area contributed by atoms with Crippen LogP contribution in [0, 0.1) is 0 Å². The van der Waals surface area contributed by atoms with Crippen molar-refractivity contribution >= 4 is 0 Å². The van der Waals surface area contributed by atoms with Crippen LogP contribution >= 0.6 is 0 Å². The predicted octanol–water partition coefficient (Wildman–Crippen LogP) is 13.2. The Balaban J connectivity index is 1.19. The van der Waals surface area contributed by atoms with E-state index in [0.717, 1.165) is 33.6 Å². The van der Waals surface area contributed by atoms with Crippen LogP contribution in [-0.4, -0.2) is 9.97 Å². The number of nitrogens with zero attached hydrogens (tertiary/aromatic N) is 2. The van der Waals surface area contributed by atoms with Crippen molar-refractivity contribution < 1.29 is 0 Å². The van der Waals surface area contributed by atoms with E-state index in [9.17, 15) is 0 Å². The summed E-state index contributed by atoms with van der Waals surface area (Å²) in [5, 5.41) is 0. The molecule has 55 heavy (non-hydrogen) atoms. The molecule has 1 aromatic heterocycles. The first kappa shape index (κ1) is 32.5. The van der Waals surface area contributed by atoms with Crippen LogP contribution < -0.4 is 0 Å². The van der Waals surface area contributed by atoms with Crippen molar-refractivity contribution in [3.05, 3.63) is 241 Å². The zero-order valence-corrected chi connectivity index (χ0v) is 30.2. The van der Waals surface area contributed by atoms with Crippen LogP contribution in [0.2, 0.25) is 0 Å². The molecular weight excluding hydrogens is 665 g/mol.